The van der Waals surface area contributed by atoms with Gasteiger partial charge in [-0.25, -0.2) is 14.4 Å². The molecule has 2 aromatic rings. The summed E-state index contributed by atoms with van der Waals surface area (Å²) in [5, 5.41) is 8.23. The Morgan fingerprint density at radius 1 is 1.09 bits per heavy atom. The van der Waals surface area contributed by atoms with E-state index in [0.717, 1.165) is 44.9 Å². The number of nitrogens with zero attached hydrogens (tertiary/aromatic N) is 6. The van der Waals surface area contributed by atoms with Crippen LogP contribution in [0.2, 0.25) is 0 Å². The van der Waals surface area contributed by atoms with Gasteiger partial charge in [0.2, 0.25) is 17.7 Å². The van der Waals surface area contributed by atoms with E-state index in [2.05, 4.69) is 30.0 Å². The lowest BCUT2D eigenvalue weighted by atomic mass is 10.3. The topological polar surface area (TPSA) is 71.2 Å². The van der Waals surface area contributed by atoms with Gasteiger partial charge in [0, 0.05) is 32.1 Å². The van der Waals surface area contributed by atoms with Crippen LogP contribution in [-0.2, 0) is 6.54 Å². The van der Waals surface area contributed by atoms with Crippen molar-refractivity contribution in [2.75, 3.05) is 31.1 Å². The Balaban J connectivity index is 1.32. The molecule has 8 heteroatoms. The quantitative estimate of drug-likeness (QED) is 0.840. The summed E-state index contributed by atoms with van der Waals surface area (Å²) in [5.74, 6) is 2.13. The Morgan fingerprint density at radius 3 is 2.50 bits per heavy atom. The standard InChI is InChI=1S/C14H17FN6O/c15-11-7-16-14(17-8-11)21-5-3-20(4-6-21)9-12-18-19-13(22-12)10-1-2-10/h7-8,10H,1-6,9H2. The summed E-state index contributed by atoms with van der Waals surface area (Å²) < 4.78 is 18.5. The highest BCUT2D eigenvalue weighted by molar-refractivity contribution is 5.29. The van der Waals surface area contributed by atoms with Crippen LogP contribution in [0.15, 0.2) is 16.8 Å². The molecule has 1 saturated carbocycles. The van der Waals surface area contributed by atoms with E-state index in [9.17, 15) is 4.39 Å². The van der Waals surface area contributed by atoms with Crippen LogP contribution in [0, 0.1) is 5.82 Å². The lowest BCUT2D eigenvalue weighted by Gasteiger charge is -2.33. The molecule has 0 unspecified atom stereocenters. The second-order valence-corrected chi connectivity index (χ2v) is 5.77. The molecular weight excluding hydrogens is 287 g/mol. The zero-order valence-electron chi connectivity index (χ0n) is 12.2. The van der Waals surface area contributed by atoms with Gasteiger partial charge in [-0.2, -0.15) is 0 Å². The smallest absolute Gasteiger partial charge is 0.230 e. The number of piperazine rings is 1. The molecule has 0 bridgehead atoms. The largest absolute Gasteiger partial charge is 0.424 e. The van der Waals surface area contributed by atoms with Gasteiger partial charge in [-0.15, -0.1) is 10.2 Å². The number of anilines is 1. The van der Waals surface area contributed by atoms with E-state index >= 15 is 0 Å². The summed E-state index contributed by atoms with van der Waals surface area (Å²) in [5.41, 5.74) is 0. The summed E-state index contributed by atoms with van der Waals surface area (Å²) in [6.45, 7) is 4.01. The van der Waals surface area contributed by atoms with E-state index in [-0.39, 0.29) is 0 Å². The second-order valence-electron chi connectivity index (χ2n) is 5.77. The third-order valence-electron chi connectivity index (χ3n) is 4.03. The van der Waals surface area contributed by atoms with E-state index in [0.29, 0.717) is 24.3 Å². The maximum Gasteiger partial charge on any atom is 0.230 e. The third-order valence-corrected chi connectivity index (χ3v) is 4.03. The fraction of sp³-hybridized carbons (Fsp3) is 0.571. The first-order valence-electron chi connectivity index (χ1n) is 7.55. The zero-order valence-corrected chi connectivity index (χ0v) is 12.2. The molecule has 0 N–H and O–H groups in total. The highest BCUT2D eigenvalue weighted by Crippen LogP contribution is 2.39. The molecule has 2 aromatic heterocycles. The van der Waals surface area contributed by atoms with Gasteiger partial charge in [0.1, 0.15) is 0 Å². The predicted octanol–water partition coefficient (Wildman–Crippen LogP) is 1.20. The summed E-state index contributed by atoms with van der Waals surface area (Å²) in [6, 6.07) is 0. The van der Waals surface area contributed by atoms with E-state index in [1.54, 1.807) is 0 Å². The van der Waals surface area contributed by atoms with Crippen molar-refractivity contribution in [2.45, 2.75) is 25.3 Å². The van der Waals surface area contributed by atoms with Crippen molar-refractivity contribution in [3.05, 3.63) is 30.0 Å². The average molecular weight is 304 g/mol. The van der Waals surface area contributed by atoms with Crippen LogP contribution < -0.4 is 4.90 Å². The Bertz CT molecular complexity index is 633. The zero-order chi connectivity index (χ0) is 14.9. The van der Waals surface area contributed by atoms with Gasteiger partial charge < -0.3 is 9.32 Å². The van der Waals surface area contributed by atoms with Gasteiger partial charge in [0.25, 0.3) is 0 Å². The molecule has 4 rings (SSSR count). The first-order chi connectivity index (χ1) is 10.8. The monoisotopic (exact) mass is 304 g/mol. The molecule has 1 aliphatic carbocycles. The fourth-order valence-electron chi connectivity index (χ4n) is 2.59. The molecule has 0 radical (unpaired) electrons. The molecule has 22 heavy (non-hydrogen) atoms. The number of hydrogen-bond donors (Lipinski definition) is 0. The molecule has 0 aromatic carbocycles. The highest BCUT2D eigenvalue weighted by Gasteiger charge is 2.29. The van der Waals surface area contributed by atoms with Crippen molar-refractivity contribution in [3.63, 3.8) is 0 Å². The molecule has 7 nitrogen and oxygen atoms in total. The van der Waals surface area contributed by atoms with Crippen molar-refractivity contribution < 1.29 is 8.81 Å². The number of aromatic nitrogens is 4. The molecule has 2 fully saturated rings. The first kappa shape index (κ1) is 13.6. The van der Waals surface area contributed by atoms with Crippen molar-refractivity contribution in [3.8, 4) is 0 Å². The maximum atomic E-state index is 12.8. The van der Waals surface area contributed by atoms with Crippen LogP contribution in [0.3, 0.4) is 0 Å². The van der Waals surface area contributed by atoms with Gasteiger partial charge in [-0.05, 0) is 12.8 Å². The van der Waals surface area contributed by atoms with E-state index in [1.165, 1.54) is 12.4 Å². The van der Waals surface area contributed by atoms with Crippen molar-refractivity contribution >= 4 is 5.95 Å². The SMILES string of the molecule is Fc1cnc(N2CCN(Cc3nnc(C4CC4)o3)CC2)nc1. The minimum absolute atomic E-state index is 0.412. The molecule has 0 spiro atoms. The van der Waals surface area contributed by atoms with Crippen molar-refractivity contribution in [2.24, 2.45) is 0 Å². The van der Waals surface area contributed by atoms with Crippen molar-refractivity contribution in [1.82, 2.24) is 25.1 Å². The van der Waals surface area contributed by atoms with E-state index in [4.69, 9.17) is 4.42 Å². The summed E-state index contributed by atoms with van der Waals surface area (Å²) in [4.78, 5) is 12.4. The Morgan fingerprint density at radius 2 is 1.82 bits per heavy atom. The molecule has 0 atom stereocenters. The minimum Gasteiger partial charge on any atom is -0.424 e. The Hall–Kier alpha value is -2.09. The molecule has 116 valence electrons. The number of hydrogen-bond acceptors (Lipinski definition) is 7. The maximum absolute atomic E-state index is 12.8. The Labute approximate surface area is 127 Å². The van der Waals surface area contributed by atoms with Crippen molar-refractivity contribution in [1.29, 1.82) is 0 Å². The van der Waals surface area contributed by atoms with Gasteiger partial charge in [-0.3, -0.25) is 4.90 Å². The van der Waals surface area contributed by atoms with Gasteiger partial charge in [-0.1, -0.05) is 0 Å². The van der Waals surface area contributed by atoms with Crippen LogP contribution in [0.4, 0.5) is 10.3 Å². The lowest BCUT2D eigenvalue weighted by Crippen LogP contribution is -2.46. The van der Waals surface area contributed by atoms with Crippen LogP contribution in [0.25, 0.3) is 0 Å². The molecule has 0 amide bonds. The highest BCUT2D eigenvalue weighted by atomic mass is 19.1. The molecular formula is C14H17FN6O. The van der Waals surface area contributed by atoms with Crippen LogP contribution in [0.1, 0.15) is 30.5 Å². The molecule has 2 aliphatic rings. The normalized spacial score (nSPS) is 19.6. The van der Waals surface area contributed by atoms with Crippen LogP contribution >= 0.6 is 0 Å². The number of rotatable bonds is 4. The number of halogens is 1. The molecule has 1 saturated heterocycles. The van der Waals surface area contributed by atoms with E-state index in [1.807, 2.05) is 0 Å². The fourth-order valence-corrected chi connectivity index (χ4v) is 2.59. The van der Waals surface area contributed by atoms with Gasteiger partial charge >= 0.3 is 0 Å². The third kappa shape index (κ3) is 2.92. The van der Waals surface area contributed by atoms with Crippen LogP contribution in [-0.4, -0.2) is 51.2 Å². The Kier molecular flexibility index (Phi) is 3.45. The molecule has 3 heterocycles. The van der Waals surface area contributed by atoms with Gasteiger partial charge in [0.15, 0.2) is 5.82 Å². The summed E-state index contributed by atoms with van der Waals surface area (Å²) in [6.07, 6.45) is 4.73. The predicted molar refractivity (Wildman–Crippen MR) is 75.8 cm³/mol. The van der Waals surface area contributed by atoms with Gasteiger partial charge in [0.05, 0.1) is 18.9 Å². The van der Waals surface area contributed by atoms with E-state index < -0.39 is 5.82 Å². The second kappa shape index (κ2) is 5.60. The first-order valence-corrected chi connectivity index (χ1v) is 7.55. The average Bonchev–Trinajstić information content (AvgIpc) is 3.29. The van der Waals surface area contributed by atoms with Crippen LogP contribution in [0.5, 0.6) is 0 Å². The minimum atomic E-state index is -0.412. The summed E-state index contributed by atoms with van der Waals surface area (Å²) >= 11 is 0. The lowest BCUT2D eigenvalue weighted by molar-refractivity contribution is 0.223. The molecule has 1 aliphatic heterocycles. The summed E-state index contributed by atoms with van der Waals surface area (Å²) in [7, 11) is 0.